The Morgan fingerprint density at radius 3 is 1.68 bits per heavy atom. The maximum Gasteiger partial charge on any atom is 0.311 e. The molecular weight excluding hydrogens is 362 g/mol. The number of hydrogen-bond acceptors (Lipinski definition) is 4. The molecule has 0 saturated carbocycles. The van der Waals surface area contributed by atoms with E-state index in [0.29, 0.717) is 6.54 Å². The van der Waals surface area contributed by atoms with Crippen molar-refractivity contribution in [2.45, 2.75) is 59.8 Å². The molecule has 0 aliphatic carbocycles. The van der Waals surface area contributed by atoms with Gasteiger partial charge in [-0.3, -0.25) is 9.59 Å². The van der Waals surface area contributed by atoms with Crippen LogP contribution in [-0.2, 0) is 14.4 Å². The van der Waals surface area contributed by atoms with Crippen LogP contribution in [0.5, 0.6) is 0 Å². The molecule has 0 heterocycles. The van der Waals surface area contributed by atoms with E-state index in [1.165, 1.54) is 6.92 Å². The number of carboxylic acid groups (broad SMARTS) is 3. The van der Waals surface area contributed by atoms with Gasteiger partial charge in [-0.05, 0) is 26.7 Å². The van der Waals surface area contributed by atoms with Gasteiger partial charge in [-0.2, -0.15) is 0 Å². The summed E-state index contributed by atoms with van der Waals surface area (Å²) in [6, 6.07) is 0. The second-order valence-electron chi connectivity index (χ2n) is 8.07. The molecule has 0 spiro atoms. The van der Waals surface area contributed by atoms with Crippen molar-refractivity contribution in [1.82, 2.24) is 0 Å². The topological polar surface area (TPSA) is 115 Å². The summed E-state index contributed by atoms with van der Waals surface area (Å²) in [4.78, 5) is 34.2. The Labute approximate surface area is 168 Å². The zero-order valence-corrected chi connectivity index (χ0v) is 17.7. The Morgan fingerprint density at radius 1 is 0.857 bits per heavy atom. The quantitative estimate of drug-likeness (QED) is 0.233. The lowest BCUT2D eigenvalue weighted by Crippen LogP contribution is -2.58. The highest BCUT2D eigenvalue weighted by Crippen LogP contribution is 2.21. The molecule has 0 aliphatic rings. The van der Waals surface area contributed by atoms with Crippen LogP contribution in [-0.4, -0.2) is 58.8 Å². The molecule has 0 rings (SSSR count). The van der Waals surface area contributed by atoms with E-state index < -0.39 is 35.7 Å². The minimum atomic E-state index is -1.20. The molecule has 0 amide bonds. The fourth-order valence-electron chi connectivity index (χ4n) is 3.57. The van der Waals surface area contributed by atoms with Gasteiger partial charge < -0.3 is 24.6 Å². The van der Waals surface area contributed by atoms with Crippen LogP contribution in [0.3, 0.4) is 0 Å². The molecule has 0 aromatic heterocycles. The number of carboxylic acids is 3. The van der Waals surface area contributed by atoms with Gasteiger partial charge in [0.05, 0.1) is 26.2 Å². The molecule has 0 fully saturated rings. The van der Waals surface area contributed by atoms with Crippen molar-refractivity contribution in [2.24, 2.45) is 17.8 Å². The highest BCUT2D eigenvalue weighted by Gasteiger charge is 2.36. The fourth-order valence-corrected chi connectivity index (χ4v) is 3.57. The monoisotopic (exact) mass is 399 g/mol. The first-order chi connectivity index (χ1) is 13.0. The summed E-state index contributed by atoms with van der Waals surface area (Å²) in [7, 11) is 0. The molecule has 28 heavy (non-hydrogen) atoms. The number of nitrogens with zero attached hydrogens (tertiary/aromatic N) is 1. The average molecular weight is 400 g/mol. The number of carbonyl (C=O) groups is 3. The van der Waals surface area contributed by atoms with Gasteiger partial charge >= 0.3 is 11.9 Å². The second-order valence-corrected chi connectivity index (χ2v) is 8.07. The van der Waals surface area contributed by atoms with Crippen molar-refractivity contribution < 1.29 is 34.2 Å². The molecule has 0 radical (unpaired) electrons. The zero-order chi connectivity index (χ0) is 21.7. The molecule has 7 nitrogen and oxygen atoms in total. The number of rotatable bonds is 16. The number of quaternary nitrogens is 1. The summed E-state index contributed by atoms with van der Waals surface area (Å²) in [6.07, 6.45) is 9.03. The van der Waals surface area contributed by atoms with Crippen molar-refractivity contribution >= 4 is 17.9 Å². The maximum atomic E-state index is 11.4. The predicted octanol–water partition coefficient (Wildman–Crippen LogP) is 2.16. The molecule has 3 atom stereocenters. The van der Waals surface area contributed by atoms with Gasteiger partial charge in [-0.1, -0.05) is 38.8 Å². The van der Waals surface area contributed by atoms with Crippen molar-refractivity contribution in [3.8, 4) is 0 Å². The van der Waals surface area contributed by atoms with E-state index in [1.54, 1.807) is 13.8 Å². The minimum absolute atomic E-state index is 0.152. The summed E-state index contributed by atoms with van der Waals surface area (Å²) >= 11 is 0. The first kappa shape index (κ1) is 26.1. The molecule has 2 N–H and O–H groups in total. The van der Waals surface area contributed by atoms with E-state index >= 15 is 0 Å². The average Bonchev–Trinajstić information content (AvgIpc) is 2.60. The molecule has 0 saturated heterocycles. The molecule has 0 aliphatic heterocycles. The van der Waals surface area contributed by atoms with Gasteiger partial charge in [0, 0.05) is 18.3 Å². The van der Waals surface area contributed by atoms with Crippen LogP contribution < -0.4 is 5.11 Å². The molecule has 0 aromatic carbocycles. The van der Waals surface area contributed by atoms with Crippen molar-refractivity contribution in [1.29, 1.82) is 0 Å². The summed E-state index contributed by atoms with van der Waals surface area (Å²) in [6.45, 7) is 7.91. The first-order valence-electron chi connectivity index (χ1n) is 10.2. The number of carbonyl (C=O) groups excluding carboxylic acids is 1. The van der Waals surface area contributed by atoms with Crippen LogP contribution in [0.15, 0.2) is 12.2 Å². The van der Waals surface area contributed by atoms with Gasteiger partial charge in [-0.25, -0.2) is 0 Å². The van der Waals surface area contributed by atoms with Crippen LogP contribution >= 0.6 is 0 Å². The smallest absolute Gasteiger partial charge is 0.311 e. The molecule has 3 unspecified atom stereocenters. The summed E-state index contributed by atoms with van der Waals surface area (Å²) in [5.74, 6) is -5.32. The van der Waals surface area contributed by atoms with Gasteiger partial charge in [0.2, 0.25) is 0 Å². The minimum Gasteiger partial charge on any atom is -0.550 e. The van der Waals surface area contributed by atoms with Gasteiger partial charge in [0.15, 0.2) is 0 Å². The Bertz CT molecular complexity index is 476. The van der Waals surface area contributed by atoms with E-state index in [4.69, 9.17) is 0 Å². The lowest BCUT2D eigenvalue weighted by atomic mass is 10.0. The van der Waals surface area contributed by atoms with Crippen LogP contribution in [0.2, 0.25) is 0 Å². The number of allylic oxidation sites excluding steroid dienone is 2. The zero-order valence-electron chi connectivity index (χ0n) is 17.7. The summed E-state index contributed by atoms with van der Waals surface area (Å²) < 4.78 is 0.152. The highest BCUT2D eigenvalue weighted by molar-refractivity contribution is 5.70. The lowest BCUT2D eigenvalue weighted by molar-refractivity contribution is -0.934. The van der Waals surface area contributed by atoms with E-state index in [1.807, 2.05) is 0 Å². The third kappa shape index (κ3) is 10.4. The predicted molar refractivity (Wildman–Crippen MR) is 105 cm³/mol. The van der Waals surface area contributed by atoms with Crippen molar-refractivity contribution in [3.05, 3.63) is 12.2 Å². The van der Waals surface area contributed by atoms with E-state index in [2.05, 4.69) is 19.1 Å². The van der Waals surface area contributed by atoms with Crippen LogP contribution in [0, 0.1) is 17.8 Å². The highest BCUT2D eigenvalue weighted by atomic mass is 16.4. The largest absolute Gasteiger partial charge is 0.550 e. The Balaban J connectivity index is 5.41. The fraction of sp³-hybridized carbons (Fsp3) is 0.762. The second kappa shape index (κ2) is 13.3. The SMILES string of the molecule is CCCC/C=C/CCC[N+](CC(C)C(=O)[O-])(CC(C)C(=O)O)CC(C)C(=O)O. The van der Waals surface area contributed by atoms with Crippen molar-refractivity contribution in [2.75, 3.05) is 26.2 Å². The lowest BCUT2D eigenvalue weighted by Gasteiger charge is -2.43. The third-order valence-electron chi connectivity index (χ3n) is 5.12. The molecule has 162 valence electrons. The van der Waals surface area contributed by atoms with Gasteiger partial charge in [0.1, 0.15) is 11.8 Å². The van der Waals surface area contributed by atoms with Gasteiger partial charge in [-0.15, -0.1) is 0 Å². The van der Waals surface area contributed by atoms with Crippen LogP contribution in [0.1, 0.15) is 59.8 Å². The number of aliphatic carboxylic acids is 3. The molecule has 0 bridgehead atoms. The van der Waals surface area contributed by atoms with Crippen LogP contribution in [0.4, 0.5) is 0 Å². The molecule has 0 aromatic rings. The summed E-state index contributed by atoms with van der Waals surface area (Å²) in [5, 5.41) is 30.0. The molecular formula is C21H37NO6. The normalized spacial score (nSPS) is 17.0. The molecule has 7 heteroatoms. The summed E-state index contributed by atoms with van der Waals surface area (Å²) in [5.41, 5.74) is 0. The Morgan fingerprint density at radius 2 is 1.29 bits per heavy atom. The maximum absolute atomic E-state index is 11.4. The van der Waals surface area contributed by atoms with E-state index in [9.17, 15) is 29.7 Å². The Kier molecular flexibility index (Phi) is 12.4. The standard InChI is InChI=1S/C21H37NO6/c1-5-6-7-8-9-10-11-12-22(13-16(2)19(23)24,14-17(3)20(25)26)15-18(4)21(27)28/h8-9,16-18H,5-7,10-15H2,1-4H3,(H2-,23,24,25,26,27,28)/b9-8+. The first-order valence-corrected chi connectivity index (χ1v) is 10.2. The van der Waals surface area contributed by atoms with E-state index in [0.717, 1.165) is 32.1 Å². The number of hydrogen-bond donors (Lipinski definition) is 2. The number of unbranched alkanes of at least 4 members (excludes halogenated alkanes) is 3. The third-order valence-corrected chi connectivity index (χ3v) is 5.12. The van der Waals surface area contributed by atoms with Crippen molar-refractivity contribution in [3.63, 3.8) is 0 Å². The Hall–Kier alpha value is -1.89. The van der Waals surface area contributed by atoms with Crippen LogP contribution in [0.25, 0.3) is 0 Å². The van der Waals surface area contributed by atoms with E-state index in [-0.39, 0.29) is 24.1 Å². The van der Waals surface area contributed by atoms with Gasteiger partial charge in [0.25, 0.3) is 0 Å².